The van der Waals surface area contributed by atoms with Crippen molar-refractivity contribution in [2.24, 2.45) is 0 Å². The van der Waals surface area contributed by atoms with Crippen molar-refractivity contribution in [2.45, 2.75) is 58.0 Å². The molecule has 0 saturated carbocycles. The predicted molar refractivity (Wildman–Crippen MR) is 82.5 cm³/mol. The van der Waals surface area contributed by atoms with Gasteiger partial charge in [-0.3, -0.25) is 0 Å². The van der Waals surface area contributed by atoms with Gasteiger partial charge in [-0.15, -0.1) is 0 Å². The number of alkyl halides is 3. The van der Waals surface area contributed by atoms with Gasteiger partial charge in [-0.2, -0.15) is 13.2 Å². The van der Waals surface area contributed by atoms with E-state index in [9.17, 15) is 13.2 Å². The van der Waals surface area contributed by atoms with Gasteiger partial charge in [0.25, 0.3) is 0 Å². The summed E-state index contributed by atoms with van der Waals surface area (Å²) in [6.45, 7) is 6.33. The number of rotatable bonds is 2. The highest BCUT2D eigenvalue weighted by Gasteiger charge is 2.29. The number of benzene rings is 1. The SMILES string of the molecule is COc1cc2c(cc1C(C)(C)C)CC=C(CC(F)(F)F)CC2. The van der Waals surface area contributed by atoms with Crippen molar-refractivity contribution >= 4 is 0 Å². The van der Waals surface area contributed by atoms with E-state index in [1.807, 2.05) is 6.07 Å². The quantitative estimate of drug-likeness (QED) is 0.668. The minimum atomic E-state index is -4.13. The van der Waals surface area contributed by atoms with E-state index >= 15 is 0 Å². The molecule has 0 radical (unpaired) electrons. The number of halogens is 3. The van der Waals surface area contributed by atoms with Crippen LogP contribution in [-0.2, 0) is 18.3 Å². The van der Waals surface area contributed by atoms with Crippen LogP contribution in [0.15, 0.2) is 23.8 Å². The summed E-state index contributed by atoms with van der Waals surface area (Å²) < 4.78 is 43.2. The van der Waals surface area contributed by atoms with Gasteiger partial charge in [-0.25, -0.2) is 0 Å². The molecule has 0 N–H and O–H groups in total. The Kier molecular flexibility index (Phi) is 4.59. The van der Waals surface area contributed by atoms with Crippen LogP contribution in [0.1, 0.15) is 50.3 Å². The highest BCUT2D eigenvalue weighted by molar-refractivity contribution is 5.47. The van der Waals surface area contributed by atoms with Crippen LogP contribution in [0.3, 0.4) is 0 Å². The number of hydrogen-bond acceptors (Lipinski definition) is 1. The summed E-state index contributed by atoms with van der Waals surface area (Å²) in [5.41, 5.74) is 3.73. The molecule has 0 amide bonds. The van der Waals surface area contributed by atoms with Crippen molar-refractivity contribution in [1.29, 1.82) is 0 Å². The standard InChI is InChI=1S/C18H23F3O/c1-17(2,3)15-9-13-7-5-12(11-18(19,20)21)6-8-14(13)10-16(15)22-4/h5,9-10H,6-8,11H2,1-4H3. The van der Waals surface area contributed by atoms with Crippen molar-refractivity contribution in [3.63, 3.8) is 0 Å². The zero-order chi connectivity index (χ0) is 16.5. The minimum absolute atomic E-state index is 0.0643. The number of allylic oxidation sites excluding steroid dienone is 2. The second kappa shape index (κ2) is 5.98. The molecule has 0 heterocycles. The Morgan fingerprint density at radius 1 is 1.05 bits per heavy atom. The molecule has 1 aromatic carbocycles. The Hall–Kier alpha value is -1.45. The average molecular weight is 312 g/mol. The first kappa shape index (κ1) is 16.9. The van der Waals surface area contributed by atoms with Crippen LogP contribution in [-0.4, -0.2) is 13.3 Å². The van der Waals surface area contributed by atoms with Gasteiger partial charge in [0.2, 0.25) is 0 Å². The fraction of sp³-hybridized carbons (Fsp3) is 0.556. The lowest BCUT2D eigenvalue weighted by molar-refractivity contribution is -0.127. The lowest BCUT2D eigenvalue weighted by Crippen LogP contribution is -2.14. The van der Waals surface area contributed by atoms with E-state index in [2.05, 4.69) is 26.8 Å². The fourth-order valence-corrected chi connectivity index (χ4v) is 2.91. The Morgan fingerprint density at radius 3 is 2.27 bits per heavy atom. The van der Waals surface area contributed by atoms with E-state index in [1.54, 1.807) is 13.2 Å². The molecular formula is C18H23F3O. The summed E-state index contributed by atoms with van der Waals surface area (Å²) in [4.78, 5) is 0. The third-order valence-corrected chi connectivity index (χ3v) is 4.08. The van der Waals surface area contributed by atoms with Crippen molar-refractivity contribution in [2.75, 3.05) is 7.11 Å². The maximum Gasteiger partial charge on any atom is 0.392 e. The Balaban J connectivity index is 2.33. The topological polar surface area (TPSA) is 9.23 Å². The lowest BCUT2D eigenvalue weighted by Gasteiger charge is -2.24. The van der Waals surface area contributed by atoms with Crippen LogP contribution >= 0.6 is 0 Å². The monoisotopic (exact) mass is 312 g/mol. The zero-order valence-corrected chi connectivity index (χ0v) is 13.6. The van der Waals surface area contributed by atoms with Gasteiger partial charge < -0.3 is 4.74 Å². The lowest BCUT2D eigenvalue weighted by atomic mass is 9.83. The average Bonchev–Trinajstić information content (AvgIpc) is 2.57. The van der Waals surface area contributed by atoms with Gasteiger partial charge >= 0.3 is 6.18 Å². The van der Waals surface area contributed by atoms with Gasteiger partial charge in [-0.05, 0) is 47.4 Å². The number of ether oxygens (including phenoxy) is 1. The van der Waals surface area contributed by atoms with E-state index in [-0.39, 0.29) is 5.41 Å². The van der Waals surface area contributed by atoms with E-state index < -0.39 is 12.6 Å². The molecule has 4 heteroatoms. The van der Waals surface area contributed by atoms with Crippen LogP contribution in [0.25, 0.3) is 0 Å². The van der Waals surface area contributed by atoms with Gasteiger partial charge in [0.05, 0.1) is 13.5 Å². The third kappa shape index (κ3) is 4.05. The first-order chi connectivity index (χ1) is 10.1. The molecule has 1 aliphatic carbocycles. The third-order valence-electron chi connectivity index (χ3n) is 4.08. The molecule has 0 atom stereocenters. The van der Waals surface area contributed by atoms with Crippen molar-refractivity contribution in [3.05, 3.63) is 40.5 Å². The van der Waals surface area contributed by atoms with Gasteiger partial charge in [-0.1, -0.05) is 38.5 Å². The van der Waals surface area contributed by atoms with E-state index in [0.29, 0.717) is 24.8 Å². The van der Waals surface area contributed by atoms with Gasteiger partial charge in [0.15, 0.2) is 0 Å². The molecule has 22 heavy (non-hydrogen) atoms. The van der Waals surface area contributed by atoms with Crippen LogP contribution in [0.5, 0.6) is 5.75 Å². The molecule has 0 bridgehead atoms. The molecule has 1 nitrogen and oxygen atoms in total. The van der Waals surface area contributed by atoms with E-state index in [1.165, 1.54) is 0 Å². The van der Waals surface area contributed by atoms with Crippen LogP contribution in [0.4, 0.5) is 13.2 Å². The largest absolute Gasteiger partial charge is 0.496 e. The molecule has 0 aliphatic heterocycles. The summed E-state index contributed by atoms with van der Waals surface area (Å²) >= 11 is 0. The maximum absolute atomic E-state index is 12.6. The molecule has 1 aromatic rings. The fourth-order valence-electron chi connectivity index (χ4n) is 2.91. The minimum Gasteiger partial charge on any atom is -0.496 e. The molecule has 2 rings (SSSR count). The number of methoxy groups -OCH3 is 1. The van der Waals surface area contributed by atoms with Crippen molar-refractivity contribution in [1.82, 2.24) is 0 Å². The van der Waals surface area contributed by atoms with Gasteiger partial charge in [0.1, 0.15) is 5.75 Å². The summed E-state index contributed by atoms with van der Waals surface area (Å²) in [5, 5.41) is 0. The summed E-state index contributed by atoms with van der Waals surface area (Å²) in [5.74, 6) is 0.825. The zero-order valence-electron chi connectivity index (χ0n) is 13.6. The number of hydrogen-bond donors (Lipinski definition) is 0. The van der Waals surface area contributed by atoms with Crippen LogP contribution in [0.2, 0.25) is 0 Å². The molecular weight excluding hydrogens is 289 g/mol. The van der Waals surface area contributed by atoms with E-state index in [0.717, 1.165) is 22.4 Å². The second-order valence-corrected chi connectivity index (χ2v) is 6.93. The Morgan fingerprint density at radius 2 is 1.73 bits per heavy atom. The second-order valence-electron chi connectivity index (χ2n) is 6.93. The maximum atomic E-state index is 12.6. The summed E-state index contributed by atoms with van der Waals surface area (Å²) in [6.07, 6.45) is -1.52. The van der Waals surface area contributed by atoms with Crippen LogP contribution < -0.4 is 4.74 Å². The summed E-state index contributed by atoms with van der Waals surface area (Å²) in [6, 6.07) is 4.10. The molecule has 1 aliphatic rings. The van der Waals surface area contributed by atoms with E-state index in [4.69, 9.17) is 4.74 Å². The number of aryl methyl sites for hydroxylation is 1. The first-order valence-corrected chi connectivity index (χ1v) is 7.55. The molecule has 0 unspecified atom stereocenters. The number of fused-ring (bicyclic) bond motifs is 1. The molecule has 0 spiro atoms. The summed E-state index contributed by atoms with van der Waals surface area (Å²) in [7, 11) is 1.64. The molecule has 122 valence electrons. The smallest absolute Gasteiger partial charge is 0.392 e. The molecule has 0 saturated heterocycles. The van der Waals surface area contributed by atoms with Crippen molar-refractivity contribution in [3.8, 4) is 5.75 Å². The Labute approximate surface area is 130 Å². The van der Waals surface area contributed by atoms with Crippen LogP contribution in [0, 0.1) is 0 Å². The van der Waals surface area contributed by atoms with Crippen molar-refractivity contribution < 1.29 is 17.9 Å². The van der Waals surface area contributed by atoms with Gasteiger partial charge in [0, 0.05) is 0 Å². The highest BCUT2D eigenvalue weighted by Crippen LogP contribution is 2.36. The first-order valence-electron chi connectivity index (χ1n) is 7.55. The highest BCUT2D eigenvalue weighted by atomic mass is 19.4. The molecule has 0 aromatic heterocycles. The normalized spacial score (nSPS) is 15.9. The molecule has 0 fully saturated rings. The predicted octanol–water partition coefficient (Wildman–Crippen LogP) is 5.36. The Bertz CT molecular complexity index is 577.